The fraction of sp³-hybridized carbons (Fsp3) is 0.200. The standard InChI is InChI=1S/C15H15N3O/c1-11-6-7-13(12(2)9-11)10-18-15(19)17-8-4-3-5-14(17)16-18/h3-9H,10H2,1-2H3. The third kappa shape index (κ3) is 2.05. The highest BCUT2D eigenvalue weighted by molar-refractivity contribution is 5.36. The zero-order valence-electron chi connectivity index (χ0n) is 11.0. The second-order valence-electron chi connectivity index (χ2n) is 4.80. The first kappa shape index (κ1) is 11.7. The van der Waals surface area contributed by atoms with Crippen LogP contribution < -0.4 is 5.69 Å². The van der Waals surface area contributed by atoms with Crippen molar-refractivity contribution in [2.75, 3.05) is 0 Å². The molecule has 0 radical (unpaired) electrons. The van der Waals surface area contributed by atoms with Gasteiger partial charge in [-0.2, -0.15) is 0 Å². The van der Waals surface area contributed by atoms with Crippen LogP contribution in [0.25, 0.3) is 5.65 Å². The molecular weight excluding hydrogens is 238 g/mol. The predicted molar refractivity (Wildman–Crippen MR) is 74.5 cm³/mol. The van der Waals surface area contributed by atoms with Crippen LogP contribution in [0, 0.1) is 13.8 Å². The number of hydrogen-bond donors (Lipinski definition) is 0. The summed E-state index contributed by atoms with van der Waals surface area (Å²) < 4.78 is 3.07. The molecule has 0 spiro atoms. The number of aryl methyl sites for hydroxylation is 2. The topological polar surface area (TPSA) is 39.3 Å². The molecule has 3 aromatic rings. The van der Waals surface area contributed by atoms with Crippen LogP contribution >= 0.6 is 0 Å². The highest BCUT2D eigenvalue weighted by Gasteiger charge is 2.07. The Labute approximate surface area is 110 Å². The van der Waals surface area contributed by atoms with Crippen molar-refractivity contribution >= 4 is 5.65 Å². The smallest absolute Gasteiger partial charge is 0.250 e. The maximum atomic E-state index is 12.2. The van der Waals surface area contributed by atoms with Crippen LogP contribution in [0.2, 0.25) is 0 Å². The molecule has 0 bridgehead atoms. The lowest BCUT2D eigenvalue weighted by molar-refractivity contribution is 0.656. The minimum absolute atomic E-state index is 0.101. The van der Waals surface area contributed by atoms with Crippen LogP contribution in [0.1, 0.15) is 16.7 Å². The molecule has 0 amide bonds. The lowest BCUT2D eigenvalue weighted by atomic mass is 10.1. The lowest BCUT2D eigenvalue weighted by Gasteiger charge is -2.05. The van der Waals surface area contributed by atoms with E-state index in [9.17, 15) is 4.79 Å². The molecule has 0 N–H and O–H groups in total. The van der Waals surface area contributed by atoms with Crippen LogP contribution in [0.5, 0.6) is 0 Å². The fourth-order valence-electron chi connectivity index (χ4n) is 2.26. The molecule has 2 aromatic heterocycles. The average molecular weight is 253 g/mol. The summed E-state index contributed by atoms with van der Waals surface area (Å²) in [5.74, 6) is 0. The molecule has 0 aliphatic rings. The Bertz CT molecular complexity index is 799. The second-order valence-corrected chi connectivity index (χ2v) is 4.80. The highest BCUT2D eigenvalue weighted by Crippen LogP contribution is 2.11. The van der Waals surface area contributed by atoms with Gasteiger partial charge in [0.1, 0.15) is 0 Å². The second kappa shape index (κ2) is 4.39. The Morgan fingerprint density at radius 1 is 1.16 bits per heavy atom. The van der Waals surface area contributed by atoms with Crippen LogP contribution in [-0.2, 0) is 6.54 Å². The Hall–Kier alpha value is -2.36. The third-order valence-corrected chi connectivity index (χ3v) is 3.31. The zero-order chi connectivity index (χ0) is 13.4. The molecular formula is C15H15N3O. The Kier molecular flexibility index (Phi) is 2.71. The summed E-state index contributed by atoms with van der Waals surface area (Å²) in [6.45, 7) is 4.63. The van der Waals surface area contributed by atoms with Crippen molar-refractivity contribution < 1.29 is 0 Å². The van der Waals surface area contributed by atoms with Gasteiger partial charge in [-0.05, 0) is 37.1 Å². The van der Waals surface area contributed by atoms with Gasteiger partial charge >= 0.3 is 5.69 Å². The number of nitrogens with zero attached hydrogens (tertiary/aromatic N) is 3. The van der Waals surface area contributed by atoms with Crippen LogP contribution in [0.15, 0.2) is 47.4 Å². The summed E-state index contributed by atoms with van der Waals surface area (Å²) in [6.07, 6.45) is 1.74. The van der Waals surface area contributed by atoms with E-state index in [1.807, 2.05) is 18.2 Å². The highest BCUT2D eigenvalue weighted by atomic mass is 16.2. The van der Waals surface area contributed by atoms with E-state index in [1.54, 1.807) is 10.6 Å². The first-order valence-corrected chi connectivity index (χ1v) is 6.25. The zero-order valence-corrected chi connectivity index (χ0v) is 11.0. The number of hydrogen-bond acceptors (Lipinski definition) is 2. The number of rotatable bonds is 2. The Morgan fingerprint density at radius 2 is 2.00 bits per heavy atom. The summed E-state index contributed by atoms with van der Waals surface area (Å²) in [6, 6.07) is 11.8. The van der Waals surface area contributed by atoms with E-state index in [0.29, 0.717) is 12.2 Å². The summed E-state index contributed by atoms with van der Waals surface area (Å²) in [4.78, 5) is 12.2. The van der Waals surface area contributed by atoms with Crippen LogP contribution in [-0.4, -0.2) is 14.2 Å². The van der Waals surface area contributed by atoms with Crippen molar-refractivity contribution in [1.82, 2.24) is 14.2 Å². The van der Waals surface area contributed by atoms with Gasteiger partial charge in [0.2, 0.25) is 0 Å². The molecule has 19 heavy (non-hydrogen) atoms. The van der Waals surface area contributed by atoms with Gasteiger partial charge in [0.05, 0.1) is 6.54 Å². The molecule has 0 saturated heterocycles. The van der Waals surface area contributed by atoms with Crippen molar-refractivity contribution in [3.8, 4) is 0 Å². The monoisotopic (exact) mass is 253 g/mol. The molecule has 4 heteroatoms. The summed E-state index contributed by atoms with van der Waals surface area (Å²) in [5.41, 5.74) is 4.11. The normalized spacial score (nSPS) is 11.1. The molecule has 3 rings (SSSR count). The quantitative estimate of drug-likeness (QED) is 0.702. The molecule has 0 saturated carbocycles. The van der Waals surface area contributed by atoms with E-state index in [0.717, 1.165) is 5.56 Å². The van der Waals surface area contributed by atoms with E-state index in [-0.39, 0.29) is 5.69 Å². The van der Waals surface area contributed by atoms with Gasteiger partial charge in [0.15, 0.2) is 5.65 Å². The van der Waals surface area contributed by atoms with Gasteiger partial charge in [-0.25, -0.2) is 9.48 Å². The summed E-state index contributed by atoms with van der Waals surface area (Å²) in [7, 11) is 0. The molecule has 0 atom stereocenters. The van der Waals surface area contributed by atoms with Gasteiger partial charge < -0.3 is 0 Å². The molecule has 2 heterocycles. The summed E-state index contributed by atoms with van der Waals surface area (Å²) >= 11 is 0. The average Bonchev–Trinajstić information content (AvgIpc) is 2.70. The molecule has 1 aromatic carbocycles. The molecule has 4 nitrogen and oxygen atoms in total. The fourth-order valence-corrected chi connectivity index (χ4v) is 2.26. The number of benzene rings is 1. The summed E-state index contributed by atoms with van der Waals surface area (Å²) in [5, 5.41) is 4.34. The van der Waals surface area contributed by atoms with Crippen molar-refractivity contribution in [2.24, 2.45) is 0 Å². The van der Waals surface area contributed by atoms with Crippen molar-refractivity contribution in [3.63, 3.8) is 0 Å². The van der Waals surface area contributed by atoms with Crippen molar-refractivity contribution in [1.29, 1.82) is 0 Å². The van der Waals surface area contributed by atoms with Crippen molar-refractivity contribution in [2.45, 2.75) is 20.4 Å². The first-order chi connectivity index (χ1) is 9.15. The van der Waals surface area contributed by atoms with Crippen molar-refractivity contribution in [3.05, 3.63) is 69.8 Å². The van der Waals surface area contributed by atoms with Gasteiger partial charge in [-0.15, -0.1) is 5.10 Å². The van der Waals surface area contributed by atoms with Gasteiger partial charge in [-0.3, -0.25) is 4.40 Å². The minimum atomic E-state index is -0.101. The molecule has 96 valence electrons. The number of aromatic nitrogens is 3. The Balaban J connectivity index is 2.06. The maximum absolute atomic E-state index is 12.2. The van der Waals surface area contributed by atoms with E-state index in [4.69, 9.17) is 0 Å². The van der Waals surface area contributed by atoms with E-state index < -0.39 is 0 Å². The molecule has 0 aliphatic heterocycles. The predicted octanol–water partition coefficient (Wildman–Crippen LogP) is 2.16. The van der Waals surface area contributed by atoms with Gasteiger partial charge in [-0.1, -0.05) is 29.8 Å². The van der Waals surface area contributed by atoms with E-state index in [1.165, 1.54) is 15.8 Å². The Morgan fingerprint density at radius 3 is 2.74 bits per heavy atom. The SMILES string of the molecule is Cc1ccc(Cn2nc3ccccn3c2=O)c(C)c1. The van der Waals surface area contributed by atoms with Gasteiger partial charge in [0.25, 0.3) is 0 Å². The third-order valence-electron chi connectivity index (χ3n) is 3.31. The van der Waals surface area contributed by atoms with Crippen LogP contribution in [0.3, 0.4) is 0 Å². The largest absolute Gasteiger partial charge is 0.350 e. The first-order valence-electron chi connectivity index (χ1n) is 6.25. The number of fused-ring (bicyclic) bond motifs is 1. The van der Waals surface area contributed by atoms with E-state index in [2.05, 4.69) is 37.1 Å². The lowest BCUT2D eigenvalue weighted by Crippen LogP contribution is -2.21. The molecule has 0 fully saturated rings. The van der Waals surface area contributed by atoms with Gasteiger partial charge in [0, 0.05) is 6.20 Å². The van der Waals surface area contributed by atoms with Crippen LogP contribution in [0.4, 0.5) is 0 Å². The minimum Gasteiger partial charge on any atom is -0.250 e. The maximum Gasteiger partial charge on any atom is 0.350 e. The molecule has 0 aliphatic carbocycles. The van der Waals surface area contributed by atoms with E-state index >= 15 is 0 Å². The number of pyridine rings is 1. The molecule has 0 unspecified atom stereocenters.